The Hall–Kier alpha value is -4.50. The molecular weight excluding hydrogens is 614 g/mol. The van der Waals surface area contributed by atoms with Gasteiger partial charge in [0, 0.05) is 24.6 Å². The zero-order valence-electron chi connectivity index (χ0n) is 26.9. The highest BCUT2D eigenvalue weighted by Gasteiger charge is 2.36. The van der Waals surface area contributed by atoms with Gasteiger partial charge in [0.1, 0.15) is 18.4 Å². The molecule has 1 N–H and O–H groups in total. The molecule has 4 aromatic rings. The van der Waals surface area contributed by atoms with Crippen LogP contribution >= 0.6 is 0 Å². The summed E-state index contributed by atoms with van der Waals surface area (Å²) in [4.78, 5) is 30.2. The van der Waals surface area contributed by atoms with Crippen molar-refractivity contribution >= 4 is 27.5 Å². The average molecular weight is 656 g/mol. The molecule has 0 heterocycles. The lowest BCUT2D eigenvalue weighted by atomic mass is 9.94. The van der Waals surface area contributed by atoms with E-state index in [0.29, 0.717) is 11.3 Å². The van der Waals surface area contributed by atoms with Crippen molar-refractivity contribution in [2.75, 3.05) is 10.8 Å². The maximum Gasteiger partial charge on any atom is 0.264 e. The summed E-state index contributed by atoms with van der Waals surface area (Å²) in [5, 5.41) is 3.17. The van der Waals surface area contributed by atoms with Crippen molar-refractivity contribution < 1.29 is 22.4 Å². The molecule has 7 nitrogen and oxygen atoms in total. The highest BCUT2D eigenvalue weighted by atomic mass is 32.2. The van der Waals surface area contributed by atoms with Crippen molar-refractivity contribution in [1.29, 1.82) is 0 Å². The second-order valence-electron chi connectivity index (χ2n) is 12.2. The third-order valence-electron chi connectivity index (χ3n) is 8.98. The lowest BCUT2D eigenvalue weighted by Crippen LogP contribution is -2.55. The van der Waals surface area contributed by atoms with Crippen molar-refractivity contribution in [1.82, 2.24) is 10.2 Å². The van der Waals surface area contributed by atoms with Crippen LogP contribution in [-0.2, 0) is 32.6 Å². The summed E-state index contributed by atoms with van der Waals surface area (Å²) >= 11 is 0. The van der Waals surface area contributed by atoms with Gasteiger partial charge in [-0.1, -0.05) is 98.1 Å². The number of hydrogen-bond donors (Lipinski definition) is 1. The van der Waals surface area contributed by atoms with E-state index in [1.165, 1.54) is 23.1 Å². The summed E-state index contributed by atoms with van der Waals surface area (Å²) in [7, 11) is -4.22. The van der Waals surface area contributed by atoms with Crippen molar-refractivity contribution in [2.45, 2.75) is 75.9 Å². The van der Waals surface area contributed by atoms with Crippen LogP contribution in [0.25, 0.3) is 0 Å². The topological polar surface area (TPSA) is 86.8 Å². The Morgan fingerprint density at radius 1 is 0.830 bits per heavy atom. The molecular formula is C38H42FN3O4S. The maximum atomic E-state index is 15.2. The predicted octanol–water partition coefficient (Wildman–Crippen LogP) is 6.73. The van der Waals surface area contributed by atoms with Gasteiger partial charge in [-0.05, 0) is 67.6 Å². The molecule has 246 valence electrons. The van der Waals surface area contributed by atoms with Gasteiger partial charge in [0.05, 0.1) is 10.6 Å². The summed E-state index contributed by atoms with van der Waals surface area (Å²) in [5.41, 5.74) is 2.98. The molecule has 0 radical (unpaired) electrons. The molecule has 47 heavy (non-hydrogen) atoms. The van der Waals surface area contributed by atoms with Gasteiger partial charge in [-0.2, -0.15) is 0 Å². The first kappa shape index (κ1) is 33.9. The van der Waals surface area contributed by atoms with Crippen LogP contribution in [0, 0.1) is 19.7 Å². The normalized spacial score (nSPS) is 14.3. The number of carbonyl (C=O) groups excluding carboxylic acids is 2. The standard InChI is InChI=1S/C38H42FN3O4S/c1-28-15-14-24-35(29(28)2)42(47(45,46)33-21-10-5-11-22-33)27-37(43)41(26-31-18-12-13-23-34(31)39)36(25-30-16-6-3-7-17-30)38(44)40-32-19-8-4-9-20-32/h3,5-7,10-18,21-24,32,36H,4,8-9,19-20,25-27H2,1-2H3,(H,40,44). The first-order valence-electron chi connectivity index (χ1n) is 16.2. The Morgan fingerprint density at radius 3 is 2.15 bits per heavy atom. The third kappa shape index (κ3) is 8.27. The Morgan fingerprint density at radius 2 is 1.47 bits per heavy atom. The monoisotopic (exact) mass is 655 g/mol. The van der Waals surface area contributed by atoms with E-state index < -0.39 is 34.3 Å². The fourth-order valence-corrected chi connectivity index (χ4v) is 7.64. The molecule has 1 atom stereocenters. The van der Waals surface area contributed by atoms with Gasteiger partial charge in [0.2, 0.25) is 11.8 Å². The summed E-state index contributed by atoms with van der Waals surface area (Å²) in [6, 6.07) is 27.7. The molecule has 1 saturated carbocycles. The molecule has 1 aliphatic rings. The van der Waals surface area contributed by atoms with Crippen LogP contribution in [0.1, 0.15) is 54.4 Å². The Labute approximate surface area is 277 Å². The van der Waals surface area contributed by atoms with Crippen LogP contribution in [0.2, 0.25) is 0 Å². The number of amides is 2. The van der Waals surface area contributed by atoms with Gasteiger partial charge in [-0.25, -0.2) is 12.8 Å². The number of aryl methyl sites for hydroxylation is 1. The van der Waals surface area contributed by atoms with Gasteiger partial charge in [-0.15, -0.1) is 0 Å². The van der Waals surface area contributed by atoms with Crippen LogP contribution < -0.4 is 9.62 Å². The first-order valence-corrected chi connectivity index (χ1v) is 17.6. The van der Waals surface area contributed by atoms with Gasteiger partial charge in [0.25, 0.3) is 10.0 Å². The lowest BCUT2D eigenvalue weighted by molar-refractivity contribution is -0.140. The van der Waals surface area contributed by atoms with E-state index in [4.69, 9.17) is 0 Å². The fraction of sp³-hybridized carbons (Fsp3) is 0.316. The van der Waals surface area contributed by atoms with Crippen LogP contribution in [0.5, 0.6) is 0 Å². The first-order chi connectivity index (χ1) is 22.6. The van der Waals surface area contributed by atoms with Crippen molar-refractivity contribution in [3.8, 4) is 0 Å². The number of halogens is 1. The molecule has 1 aliphatic carbocycles. The SMILES string of the molecule is Cc1cccc(N(CC(=O)N(Cc2ccccc2F)C(Cc2ccccc2)C(=O)NC2CCCCC2)S(=O)(=O)c2ccccc2)c1C. The second-order valence-corrected chi connectivity index (χ2v) is 14.1. The number of carbonyl (C=O) groups is 2. The average Bonchev–Trinajstić information content (AvgIpc) is 3.08. The van der Waals surface area contributed by atoms with Gasteiger partial charge in [-0.3, -0.25) is 13.9 Å². The third-order valence-corrected chi connectivity index (χ3v) is 10.7. The fourth-order valence-electron chi connectivity index (χ4n) is 6.15. The number of benzene rings is 4. The second kappa shape index (κ2) is 15.4. The number of sulfonamides is 1. The van der Waals surface area contributed by atoms with E-state index in [0.717, 1.165) is 47.5 Å². The summed E-state index contributed by atoms with van der Waals surface area (Å²) in [5.74, 6) is -1.47. The van der Waals surface area contributed by atoms with E-state index in [9.17, 15) is 18.0 Å². The molecule has 0 aliphatic heterocycles. The highest BCUT2D eigenvalue weighted by molar-refractivity contribution is 7.92. The number of hydrogen-bond acceptors (Lipinski definition) is 4. The Balaban J connectivity index is 1.59. The molecule has 5 rings (SSSR count). The van der Waals surface area contributed by atoms with Crippen LogP contribution in [0.15, 0.2) is 108 Å². The minimum Gasteiger partial charge on any atom is -0.352 e. The van der Waals surface area contributed by atoms with Gasteiger partial charge in [0.15, 0.2) is 0 Å². The zero-order chi connectivity index (χ0) is 33.4. The molecule has 0 spiro atoms. The summed E-state index contributed by atoms with van der Waals surface area (Å²) < 4.78 is 44.8. The van der Waals surface area contributed by atoms with Crippen molar-refractivity contribution in [2.24, 2.45) is 0 Å². The van der Waals surface area contributed by atoms with Crippen LogP contribution in [0.3, 0.4) is 0 Å². The van der Waals surface area contributed by atoms with Gasteiger partial charge < -0.3 is 10.2 Å². The molecule has 4 aromatic carbocycles. The molecule has 1 unspecified atom stereocenters. The van der Waals surface area contributed by atoms with Crippen molar-refractivity contribution in [3.05, 3.63) is 131 Å². The van der Waals surface area contributed by atoms with E-state index in [-0.39, 0.29) is 35.4 Å². The maximum absolute atomic E-state index is 15.2. The van der Waals surface area contributed by atoms with Crippen LogP contribution in [0.4, 0.5) is 10.1 Å². The molecule has 2 amide bonds. The molecule has 0 aromatic heterocycles. The van der Waals surface area contributed by atoms with E-state index in [1.807, 2.05) is 50.2 Å². The predicted molar refractivity (Wildman–Crippen MR) is 183 cm³/mol. The van der Waals surface area contributed by atoms with Crippen molar-refractivity contribution in [3.63, 3.8) is 0 Å². The summed E-state index contributed by atoms with van der Waals surface area (Å²) in [6.45, 7) is 2.89. The number of nitrogens with one attached hydrogen (secondary N) is 1. The van der Waals surface area contributed by atoms with E-state index in [1.54, 1.807) is 48.5 Å². The Kier molecular flexibility index (Phi) is 11.1. The molecule has 0 bridgehead atoms. The summed E-state index contributed by atoms with van der Waals surface area (Å²) in [6.07, 6.45) is 5.00. The minimum absolute atomic E-state index is 0.0233. The molecule has 1 fully saturated rings. The lowest BCUT2D eigenvalue weighted by Gasteiger charge is -2.35. The van der Waals surface area contributed by atoms with Crippen LogP contribution in [-0.4, -0.2) is 43.8 Å². The Bertz CT molecular complexity index is 1780. The number of anilines is 1. The minimum atomic E-state index is -4.22. The van der Waals surface area contributed by atoms with E-state index >= 15 is 4.39 Å². The van der Waals surface area contributed by atoms with E-state index in [2.05, 4.69) is 5.32 Å². The van der Waals surface area contributed by atoms with Gasteiger partial charge >= 0.3 is 0 Å². The highest BCUT2D eigenvalue weighted by Crippen LogP contribution is 2.29. The zero-order valence-corrected chi connectivity index (χ0v) is 27.8. The smallest absolute Gasteiger partial charge is 0.264 e. The number of nitrogens with zero attached hydrogens (tertiary/aromatic N) is 2. The molecule has 0 saturated heterocycles. The molecule has 9 heteroatoms. The largest absolute Gasteiger partial charge is 0.352 e. The quantitative estimate of drug-likeness (QED) is 0.184. The number of rotatable bonds is 12.